The molecule has 0 aliphatic carbocycles. The van der Waals surface area contributed by atoms with E-state index in [0.717, 1.165) is 16.7 Å². The zero-order chi connectivity index (χ0) is 21.0. The van der Waals surface area contributed by atoms with Gasteiger partial charge in [-0.25, -0.2) is 4.79 Å². The van der Waals surface area contributed by atoms with Crippen molar-refractivity contribution < 1.29 is 19.4 Å². The van der Waals surface area contributed by atoms with E-state index in [-0.39, 0.29) is 12.5 Å². The average molecular weight is 396 g/mol. The summed E-state index contributed by atoms with van der Waals surface area (Å²) in [6.07, 6.45) is -0.926. The van der Waals surface area contributed by atoms with Gasteiger partial charge in [0.1, 0.15) is 11.6 Å². The van der Waals surface area contributed by atoms with Gasteiger partial charge in [-0.3, -0.25) is 9.69 Å². The molecule has 0 saturated heterocycles. The Kier molecular flexibility index (Phi) is 6.23. The number of hydrogen-bond acceptors (Lipinski definition) is 4. The van der Waals surface area contributed by atoms with Crippen LogP contribution >= 0.6 is 0 Å². The zero-order valence-electron chi connectivity index (χ0n) is 17.1. The SMILES string of the molecule is CC(C)(C)OC(=O)N1Cc2ccccc2C[C@H]1C(=O)NC[C@H](O)c1ccccc1. The number of carbonyl (C=O) groups is 2. The normalized spacial score (nSPS) is 17.2. The van der Waals surface area contributed by atoms with Crippen LogP contribution in [-0.4, -0.2) is 40.2 Å². The fourth-order valence-corrected chi connectivity index (χ4v) is 3.38. The zero-order valence-corrected chi connectivity index (χ0v) is 17.1. The predicted molar refractivity (Wildman–Crippen MR) is 110 cm³/mol. The molecule has 2 aromatic carbocycles. The van der Waals surface area contributed by atoms with Gasteiger partial charge in [0.15, 0.2) is 0 Å². The summed E-state index contributed by atoms with van der Waals surface area (Å²) in [6, 6.07) is 16.2. The van der Waals surface area contributed by atoms with Gasteiger partial charge < -0.3 is 15.2 Å². The van der Waals surface area contributed by atoms with Crippen LogP contribution in [0.5, 0.6) is 0 Å². The van der Waals surface area contributed by atoms with Gasteiger partial charge in [-0.2, -0.15) is 0 Å². The van der Waals surface area contributed by atoms with Crippen molar-refractivity contribution in [2.24, 2.45) is 0 Å². The number of nitrogens with zero attached hydrogens (tertiary/aromatic N) is 1. The van der Waals surface area contributed by atoms with Crippen molar-refractivity contribution in [1.82, 2.24) is 10.2 Å². The smallest absolute Gasteiger partial charge is 0.411 e. The van der Waals surface area contributed by atoms with Crippen LogP contribution in [0, 0.1) is 0 Å². The number of nitrogens with one attached hydrogen (secondary N) is 1. The van der Waals surface area contributed by atoms with Gasteiger partial charge in [0.05, 0.1) is 12.6 Å². The first-order valence-electron chi connectivity index (χ1n) is 9.82. The number of aliphatic hydroxyl groups excluding tert-OH is 1. The van der Waals surface area contributed by atoms with Crippen LogP contribution in [0.3, 0.4) is 0 Å². The number of fused-ring (bicyclic) bond motifs is 1. The molecule has 0 unspecified atom stereocenters. The highest BCUT2D eigenvalue weighted by atomic mass is 16.6. The van der Waals surface area contributed by atoms with E-state index in [0.29, 0.717) is 13.0 Å². The van der Waals surface area contributed by atoms with E-state index < -0.39 is 23.8 Å². The summed E-state index contributed by atoms with van der Waals surface area (Å²) in [5.41, 5.74) is 2.12. The Morgan fingerprint density at radius 3 is 2.38 bits per heavy atom. The first-order chi connectivity index (χ1) is 13.7. The Labute approximate surface area is 171 Å². The quantitative estimate of drug-likeness (QED) is 0.832. The highest BCUT2D eigenvalue weighted by Gasteiger charge is 2.37. The predicted octanol–water partition coefficient (Wildman–Crippen LogP) is 3.20. The summed E-state index contributed by atoms with van der Waals surface area (Å²) < 4.78 is 5.53. The second kappa shape index (κ2) is 8.66. The van der Waals surface area contributed by atoms with Crippen molar-refractivity contribution in [3.05, 3.63) is 71.3 Å². The lowest BCUT2D eigenvalue weighted by Gasteiger charge is -2.37. The fraction of sp³-hybridized carbons (Fsp3) is 0.391. The first-order valence-corrected chi connectivity index (χ1v) is 9.82. The van der Waals surface area contributed by atoms with Gasteiger partial charge in [-0.05, 0) is 37.5 Å². The molecule has 1 heterocycles. The highest BCUT2D eigenvalue weighted by molar-refractivity contribution is 5.86. The van der Waals surface area contributed by atoms with Crippen LogP contribution in [0.25, 0.3) is 0 Å². The maximum Gasteiger partial charge on any atom is 0.411 e. The van der Waals surface area contributed by atoms with E-state index in [1.807, 2.05) is 42.5 Å². The van der Waals surface area contributed by atoms with Gasteiger partial charge >= 0.3 is 6.09 Å². The lowest BCUT2D eigenvalue weighted by atomic mass is 9.93. The molecule has 0 bridgehead atoms. The molecule has 3 rings (SSSR count). The highest BCUT2D eigenvalue weighted by Crippen LogP contribution is 2.25. The Bertz CT molecular complexity index is 861. The Hall–Kier alpha value is -2.86. The largest absolute Gasteiger partial charge is 0.444 e. The Morgan fingerprint density at radius 1 is 1.10 bits per heavy atom. The third-order valence-corrected chi connectivity index (χ3v) is 4.83. The van der Waals surface area contributed by atoms with Crippen molar-refractivity contribution in [3.63, 3.8) is 0 Å². The fourth-order valence-electron chi connectivity index (χ4n) is 3.38. The van der Waals surface area contributed by atoms with E-state index in [1.165, 1.54) is 4.90 Å². The van der Waals surface area contributed by atoms with Gasteiger partial charge in [0, 0.05) is 13.0 Å². The molecule has 2 atom stereocenters. The molecule has 1 aliphatic heterocycles. The van der Waals surface area contributed by atoms with Gasteiger partial charge in [-0.1, -0.05) is 54.6 Å². The minimum absolute atomic E-state index is 0.0726. The molecule has 0 aromatic heterocycles. The standard InChI is InChI=1S/C23H28N2O4/c1-23(2,3)29-22(28)25-15-18-12-8-7-11-17(18)13-19(25)21(27)24-14-20(26)16-9-5-4-6-10-16/h4-12,19-20,26H,13-15H2,1-3H3,(H,24,27)/t19-,20-/m0/s1. The summed E-state index contributed by atoms with van der Waals surface area (Å²) in [7, 11) is 0. The second-order valence-corrected chi connectivity index (χ2v) is 8.27. The Balaban J connectivity index is 1.74. The minimum atomic E-state index is -0.814. The minimum Gasteiger partial charge on any atom is -0.444 e. The number of carbonyl (C=O) groups excluding carboxylic acids is 2. The number of amides is 2. The maximum atomic E-state index is 13.0. The van der Waals surface area contributed by atoms with Crippen LogP contribution in [-0.2, 0) is 22.5 Å². The van der Waals surface area contributed by atoms with Crippen LogP contribution in [0.1, 0.15) is 43.6 Å². The third kappa shape index (κ3) is 5.35. The topological polar surface area (TPSA) is 78.9 Å². The molecule has 154 valence electrons. The van der Waals surface area contributed by atoms with E-state index in [1.54, 1.807) is 32.9 Å². The molecule has 0 spiro atoms. The first kappa shape index (κ1) is 20.9. The monoisotopic (exact) mass is 396 g/mol. The molecule has 29 heavy (non-hydrogen) atoms. The van der Waals surface area contributed by atoms with Crippen molar-refractivity contribution >= 4 is 12.0 Å². The van der Waals surface area contributed by atoms with E-state index in [4.69, 9.17) is 4.74 Å². The van der Waals surface area contributed by atoms with Crippen LogP contribution in [0.2, 0.25) is 0 Å². The number of benzene rings is 2. The van der Waals surface area contributed by atoms with Crippen molar-refractivity contribution in [1.29, 1.82) is 0 Å². The van der Waals surface area contributed by atoms with E-state index in [9.17, 15) is 14.7 Å². The van der Waals surface area contributed by atoms with Crippen molar-refractivity contribution in [2.75, 3.05) is 6.54 Å². The average Bonchev–Trinajstić information content (AvgIpc) is 2.70. The lowest BCUT2D eigenvalue weighted by molar-refractivity contribution is -0.127. The number of rotatable bonds is 4. The maximum absolute atomic E-state index is 13.0. The van der Waals surface area contributed by atoms with Gasteiger partial charge in [0.25, 0.3) is 0 Å². The van der Waals surface area contributed by atoms with E-state index >= 15 is 0 Å². The van der Waals surface area contributed by atoms with Gasteiger partial charge in [-0.15, -0.1) is 0 Å². The molecule has 2 aromatic rings. The number of ether oxygens (including phenoxy) is 1. The summed E-state index contributed by atoms with van der Waals surface area (Å²) in [4.78, 5) is 27.2. The Morgan fingerprint density at radius 2 is 1.72 bits per heavy atom. The molecule has 2 N–H and O–H groups in total. The summed E-state index contributed by atoms with van der Waals surface area (Å²) in [5, 5.41) is 13.1. The molecule has 1 aliphatic rings. The van der Waals surface area contributed by atoms with Crippen LogP contribution < -0.4 is 5.32 Å². The molecule has 0 fully saturated rings. The summed E-state index contributed by atoms with van der Waals surface area (Å²) in [5.74, 6) is -0.305. The number of hydrogen-bond donors (Lipinski definition) is 2. The van der Waals surface area contributed by atoms with Crippen molar-refractivity contribution in [3.8, 4) is 0 Å². The van der Waals surface area contributed by atoms with Crippen molar-refractivity contribution in [2.45, 2.75) is 51.5 Å². The van der Waals surface area contributed by atoms with Crippen LogP contribution in [0.4, 0.5) is 4.79 Å². The molecule has 6 heteroatoms. The lowest BCUT2D eigenvalue weighted by Crippen LogP contribution is -2.54. The molecular weight excluding hydrogens is 368 g/mol. The number of aliphatic hydroxyl groups is 1. The van der Waals surface area contributed by atoms with Gasteiger partial charge in [0.2, 0.25) is 5.91 Å². The molecule has 2 amide bonds. The van der Waals surface area contributed by atoms with E-state index in [2.05, 4.69) is 5.32 Å². The third-order valence-electron chi connectivity index (χ3n) is 4.83. The summed E-state index contributed by atoms with van der Waals surface area (Å²) >= 11 is 0. The molecular formula is C23H28N2O4. The summed E-state index contributed by atoms with van der Waals surface area (Å²) in [6.45, 7) is 5.78. The second-order valence-electron chi connectivity index (χ2n) is 8.27. The van der Waals surface area contributed by atoms with Crippen LogP contribution in [0.15, 0.2) is 54.6 Å². The molecule has 0 saturated carbocycles. The molecule has 6 nitrogen and oxygen atoms in total. The molecule has 0 radical (unpaired) electrons.